The molecular formula is C10H20O2S. The van der Waals surface area contributed by atoms with Gasteiger partial charge in [-0.05, 0) is 25.0 Å². The van der Waals surface area contributed by atoms with Crippen molar-refractivity contribution < 1.29 is 9.53 Å². The molecule has 78 valence electrons. The molecule has 0 aliphatic carbocycles. The van der Waals surface area contributed by atoms with Gasteiger partial charge in [0, 0.05) is 5.75 Å². The van der Waals surface area contributed by atoms with Gasteiger partial charge in [-0.15, -0.1) is 0 Å². The molecule has 0 saturated carbocycles. The third-order valence-electron chi connectivity index (χ3n) is 1.60. The highest BCUT2D eigenvalue weighted by molar-refractivity contribution is 7.99. The number of ether oxygens (including phenoxy) is 1. The smallest absolute Gasteiger partial charge is 0.306 e. The van der Waals surface area contributed by atoms with Gasteiger partial charge in [-0.1, -0.05) is 13.8 Å². The second-order valence-corrected chi connectivity index (χ2v) is 4.57. The number of thioether (sulfide) groups is 1. The summed E-state index contributed by atoms with van der Waals surface area (Å²) in [6.07, 6.45) is 1.78. The summed E-state index contributed by atoms with van der Waals surface area (Å²) in [4.78, 5) is 10.9. The zero-order valence-corrected chi connectivity index (χ0v) is 9.65. The van der Waals surface area contributed by atoms with E-state index in [1.807, 2.05) is 18.7 Å². The van der Waals surface area contributed by atoms with Gasteiger partial charge in [0.05, 0.1) is 13.0 Å². The molecule has 0 unspecified atom stereocenters. The van der Waals surface area contributed by atoms with Gasteiger partial charge in [-0.2, -0.15) is 11.8 Å². The molecule has 0 rings (SSSR count). The van der Waals surface area contributed by atoms with Gasteiger partial charge in [0.15, 0.2) is 0 Å². The molecule has 0 spiro atoms. The first-order valence-electron chi connectivity index (χ1n) is 4.90. The largest absolute Gasteiger partial charge is 0.466 e. The van der Waals surface area contributed by atoms with Crippen LogP contribution in [0.25, 0.3) is 0 Å². The molecule has 0 N–H and O–H groups in total. The minimum atomic E-state index is -0.0699. The van der Waals surface area contributed by atoms with Crippen LogP contribution in [0.1, 0.15) is 33.6 Å². The fourth-order valence-electron chi connectivity index (χ4n) is 0.810. The average Bonchev–Trinajstić information content (AvgIpc) is 2.03. The van der Waals surface area contributed by atoms with E-state index < -0.39 is 0 Å². The number of esters is 1. The third kappa shape index (κ3) is 9.74. The van der Waals surface area contributed by atoms with Gasteiger partial charge in [0.2, 0.25) is 0 Å². The number of hydrogen-bond acceptors (Lipinski definition) is 3. The van der Waals surface area contributed by atoms with E-state index in [0.29, 0.717) is 13.0 Å². The fraction of sp³-hybridized carbons (Fsp3) is 0.900. The van der Waals surface area contributed by atoms with Gasteiger partial charge in [0.25, 0.3) is 0 Å². The molecule has 0 aromatic rings. The van der Waals surface area contributed by atoms with Crippen molar-refractivity contribution in [3.63, 3.8) is 0 Å². The summed E-state index contributed by atoms with van der Waals surface area (Å²) < 4.78 is 4.82. The number of carbonyl (C=O) groups is 1. The normalized spacial score (nSPS) is 10.5. The Morgan fingerprint density at radius 2 is 2.08 bits per heavy atom. The quantitative estimate of drug-likeness (QED) is 0.471. The number of hydrogen-bond donors (Lipinski definition) is 0. The fourth-order valence-corrected chi connectivity index (χ4v) is 1.96. The van der Waals surface area contributed by atoms with Crippen molar-refractivity contribution in [2.75, 3.05) is 18.1 Å². The highest BCUT2D eigenvalue weighted by atomic mass is 32.2. The number of carbonyl (C=O) groups excluding carboxylic acids is 1. The molecule has 0 fully saturated rings. The van der Waals surface area contributed by atoms with Gasteiger partial charge < -0.3 is 4.74 Å². The highest BCUT2D eigenvalue weighted by Gasteiger charge is 2.01. The van der Waals surface area contributed by atoms with Crippen molar-refractivity contribution in [1.82, 2.24) is 0 Å². The van der Waals surface area contributed by atoms with Crippen molar-refractivity contribution in [2.45, 2.75) is 33.6 Å². The first-order chi connectivity index (χ1) is 6.16. The predicted octanol–water partition coefficient (Wildman–Crippen LogP) is 2.72. The van der Waals surface area contributed by atoms with E-state index in [1.54, 1.807) is 0 Å². The summed E-state index contributed by atoms with van der Waals surface area (Å²) in [7, 11) is 0. The van der Waals surface area contributed by atoms with Crippen molar-refractivity contribution >= 4 is 17.7 Å². The molecule has 3 heteroatoms. The van der Waals surface area contributed by atoms with Crippen LogP contribution >= 0.6 is 11.8 Å². The zero-order valence-electron chi connectivity index (χ0n) is 8.84. The van der Waals surface area contributed by atoms with E-state index in [-0.39, 0.29) is 5.97 Å². The first-order valence-corrected chi connectivity index (χ1v) is 6.05. The van der Waals surface area contributed by atoms with Crippen molar-refractivity contribution in [1.29, 1.82) is 0 Å². The van der Waals surface area contributed by atoms with E-state index in [0.717, 1.165) is 17.4 Å². The molecule has 0 heterocycles. The molecule has 0 aliphatic rings. The van der Waals surface area contributed by atoms with Crippen LogP contribution in [0.2, 0.25) is 0 Å². The van der Waals surface area contributed by atoms with Crippen LogP contribution in [0.15, 0.2) is 0 Å². The van der Waals surface area contributed by atoms with Gasteiger partial charge in [-0.3, -0.25) is 4.79 Å². The molecule has 0 aromatic carbocycles. The molecule has 0 atom stereocenters. The maximum atomic E-state index is 10.9. The molecule has 0 radical (unpaired) electrons. The van der Waals surface area contributed by atoms with Crippen molar-refractivity contribution in [3.05, 3.63) is 0 Å². The lowest BCUT2D eigenvalue weighted by molar-refractivity contribution is -0.142. The summed E-state index contributed by atoms with van der Waals surface area (Å²) in [5, 5.41) is 0. The van der Waals surface area contributed by atoms with E-state index in [4.69, 9.17) is 4.74 Å². The van der Waals surface area contributed by atoms with E-state index in [9.17, 15) is 4.79 Å². The van der Waals surface area contributed by atoms with Crippen molar-refractivity contribution in [3.8, 4) is 0 Å². The second kappa shape index (κ2) is 8.42. The summed E-state index contributed by atoms with van der Waals surface area (Å²) in [5.74, 6) is 2.73. The molecule has 0 aromatic heterocycles. The average molecular weight is 204 g/mol. The maximum absolute atomic E-state index is 10.9. The van der Waals surface area contributed by atoms with Gasteiger partial charge in [0.1, 0.15) is 0 Å². The monoisotopic (exact) mass is 204 g/mol. The number of rotatable bonds is 7. The molecule has 0 bridgehead atoms. The minimum Gasteiger partial charge on any atom is -0.466 e. The van der Waals surface area contributed by atoms with Crippen LogP contribution in [0.3, 0.4) is 0 Å². The lowest BCUT2D eigenvalue weighted by atomic mass is 10.2. The summed E-state index contributed by atoms with van der Waals surface area (Å²) >= 11 is 1.83. The van der Waals surface area contributed by atoms with E-state index in [2.05, 4.69) is 13.8 Å². The SMILES string of the molecule is CCOC(=O)CCSCCC(C)C. The van der Waals surface area contributed by atoms with Gasteiger partial charge in [-0.25, -0.2) is 0 Å². The second-order valence-electron chi connectivity index (χ2n) is 3.35. The molecule has 0 aliphatic heterocycles. The van der Waals surface area contributed by atoms with Gasteiger partial charge >= 0.3 is 5.97 Å². The highest BCUT2D eigenvalue weighted by Crippen LogP contribution is 2.09. The summed E-state index contributed by atoms with van der Waals surface area (Å²) in [5.41, 5.74) is 0. The Bertz CT molecular complexity index is 135. The predicted molar refractivity (Wildman–Crippen MR) is 58.0 cm³/mol. The lowest BCUT2D eigenvalue weighted by Crippen LogP contribution is -2.05. The van der Waals surface area contributed by atoms with Crippen molar-refractivity contribution in [2.24, 2.45) is 5.92 Å². The minimum absolute atomic E-state index is 0.0699. The Morgan fingerprint density at radius 1 is 1.38 bits per heavy atom. The molecule has 2 nitrogen and oxygen atoms in total. The Labute approximate surface area is 85.4 Å². The topological polar surface area (TPSA) is 26.3 Å². The summed E-state index contributed by atoms with van der Waals surface area (Å²) in [6.45, 7) is 6.76. The standard InChI is InChI=1S/C10H20O2S/c1-4-12-10(11)6-8-13-7-5-9(2)3/h9H,4-8H2,1-3H3. The first kappa shape index (κ1) is 12.8. The van der Waals surface area contributed by atoms with E-state index in [1.165, 1.54) is 6.42 Å². The Morgan fingerprint density at radius 3 is 2.62 bits per heavy atom. The lowest BCUT2D eigenvalue weighted by Gasteiger charge is -2.04. The maximum Gasteiger partial charge on any atom is 0.306 e. The zero-order chi connectivity index (χ0) is 10.1. The molecule has 13 heavy (non-hydrogen) atoms. The Hall–Kier alpha value is -0.180. The van der Waals surface area contributed by atoms with Crippen LogP contribution in [0.4, 0.5) is 0 Å². The van der Waals surface area contributed by atoms with E-state index >= 15 is 0 Å². The molecule has 0 amide bonds. The Balaban J connectivity index is 3.11. The van der Waals surface area contributed by atoms with Crippen LogP contribution < -0.4 is 0 Å². The van der Waals surface area contributed by atoms with Crippen LogP contribution in [0, 0.1) is 5.92 Å². The van der Waals surface area contributed by atoms with Crippen LogP contribution in [-0.4, -0.2) is 24.1 Å². The Kier molecular flexibility index (Phi) is 8.30. The third-order valence-corrected chi connectivity index (χ3v) is 2.61. The van der Waals surface area contributed by atoms with Crippen LogP contribution in [0.5, 0.6) is 0 Å². The molecular weight excluding hydrogens is 184 g/mol. The molecule has 0 saturated heterocycles. The summed E-state index contributed by atoms with van der Waals surface area (Å²) in [6, 6.07) is 0. The van der Waals surface area contributed by atoms with Crippen LogP contribution in [-0.2, 0) is 9.53 Å².